The molecule has 2 heterocycles. The number of rotatable bonds is 4. The minimum atomic E-state index is -0.0100. The molecule has 0 N–H and O–H groups in total. The summed E-state index contributed by atoms with van der Waals surface area (Å²) in [7, 11) is 1.55. The number of nitrogens with zero attached hydrogens (tertiary/aromatic N) is 3. The summed E-state index contributed by atoms with van der Waals surface area (Å²) < 4.78 is 10.9. The van der Waals surface area contributed by atoms with E-state index in [1.165, 1.54) is 6.42 Å². The van der Waals surface area contributed by atoms with Crippen LogP contribution in [-0.2, 0) is 4.79 Å². The third-order valence-electron chi connectivity index (χ3n) is 4.23. The minimum absolute atomic E-state index is 0.0100. The van der Waals surface area contributed by atoms with Crippen LogP contribution in [0.2, 0.25) is 0 Å². The highest BCUT2D eigenvalue weighted by atomic mass is 16.5. The first-order valence-corrected chi connectivity index (χ1v) is 7.58. The molecule has 21 heavy (non-hydrogen) atoms. The summed E-state index contributed by atoms with van der Waals surface area (Å²) in [6.07, 6.45) is 8.29. The van der Waals surface area contributed by atoms with E-state index in [-0.39, 0.29) is 12.0 Å². The molecular formula is C15H21N3O3. The van der Waals surface area contributed by atoms with E-state index in [1.54, 1.807) is 19.5 Å². The first-order valence-electron chi connectivity index (χ1n) is 7.58. The fourth-order valence-electron chi connectivity index (χ4n) is 2.80. The Morgan fingerprint density at radius 3 is 2.76 bits per heavy atom. The molecule has 1 aromatic rings. The molecule has 3 rings (SSSR count). The summed E-state index contributed by atoms with van der Waals surface area (Å²) in [4.78, 5) is 22.5. The fraction of sp³-hybridized carbons (Fsp3) is 0.667. The molecule has 2 aliphatic rings. The number of methoxy groups -OCH3 is 1. The van der Waals surface area contributed by atoms with Crippen LogP contribution in [0.5, 0.6) is 11.8 Å². The topological polar surface area (TPSA) is 64.6 Å². The van der Waals surface area contributed by atoms with Gasteiger partial charge >= 0.3 is 0 Å². The van der Waals surface area contributed by atoms with Crippen LogP contribution in [0.15, 0.2) is 12.4 Å². The van der Waals surface area contributed by atoms with E-state index >= 15 is 0 Å². The second kappa shape index (κ2) is 6.28. The first kappa shape index (κ1) is 14.1. The summed E-state index contributed by atoms with van der Waals surface area (Å²) in [6.45, 7) is 1.49. The van der Waals surface area contributed by atoms with Gasteiger partial charge in [0.15, 0.2) is 0 Å². The number of amides is 1. The van der Waals surface area contributed by atoms with Gasteiger partial charge < -0.3 is 14.4 Å². The Morgan fingerprint density at radius 2 is 2.05 bits per heavy atom. The van der Waals surface area contributed by atoms with Gasteiger partial charge in [0, 0.05) is 12.5 Å². The van der Waals surface area contributed by atoms with Crippen LogP contribution < -0.4 is 9.47 Å². The Kier molecular flexibility index (Phi) is 4.22. The van der Waals surface area contributed by atoms with Gasteiger partial charge in [-0.15, -0.1) is 0 Å². The lowest BCUT2D eigenvalue weighted by Gasteiger charge is -2.36. The number of hydrogen-bond acceptors (Lipinski definition) is 5. The molecular weight excluding hydrogens is 270 g/mol. The number of likely N-dealkylation sites (tertiary alicyclic amines) is 1. The molecule has 1 amide bonds. The lowest BCUT2D eigenvalue weighted by atomic mass is 9.84. The van der Waals surface area contributed by atoms with Crippen LogP contribution in [-0.4, -0.2) is 47.1 Å². The lowest BCUT2D eigenvalue weighted by molar-refractivity contribution is -0.140. The highest BCUT2D eigenvalue weighted by molar-refractivity contribution is 5.79. The molecule has 1 aliphatic carbocycles. The second-order valence-electron chi connectivity index (χ2n) is 5.69. The van der Waals surface area contributed by atoms with E-state index in [1.807, 2.05) is 4.90 Å². The molecule has 1 unspecified atom stereocenters. The fourth-order valence-corrected chi connectivity index (χ4v) is 2.80. The van der Waals surface area contributed by atoms with Crippen molar-refractivity contribution < 1.29 is 14.3 Å². The number of piperidine rings is 1. The standard InChI is InChI=1S/C15H21N3O3/c1-20-13-8-16-9-14(17-13)21-12-6-3-7-18(10-12)15(19)11-4-2-5-11/h8-9,11-12H,2-7,10H2,1H3. The van der Waals surface area contributed by atoms with E-state index in [0.717, 1.165) is 32.2 Å². The molecule has 1 aliphatic heterocycles. The van der Waals surface area contributed by atoms with Crippen LogP contribution in [0, 0.1) is 5.92 Å². The van der Waals surface area contributed by atoms with Crippen LogP contribution in [0.4, 0.5) is 0 Å². The number of carbonyl (C=O) groups excluding carboxylic acids is 1. The Balaban J connectivity index is 1.59. The number of aromatic nitrogens is 2. The van der Waals surface area contributed by atoms with Crippen molar-refractivity contribution in [2.24, 2.45) is 5.92 Å². The van der Waals surface area contributed by atoms with Crippen molar-refractivity contribution in [3.63, 3.8) is 0 Å². The van der Waals surface area contributed by atoms with Gasteiger partial charge in [0.05, 0.1) is 26.0 Å². The highest BCUT2D eigenvalue weighted by Gasteiger charge is 2.32. The number of carbonyl (C=O) groups is 1. The number of hydrogen-bond donors (Lipinski definition) is 0. The van der Waals surface area contributed by atoms with E-state index in [2.05, 4.69) is 9.97 Å². The molecule has 0 spiro atoms. The average molecular weight is 291 g/mol. The monoisotopic (exact) mass is 291 g/mol. The SMILES string of the molecule is COc1cncc(OC2CCCN(C(=O)C3CCC3)C2)n1. The van der Waals surface area contributed by atoms with Crippen molar-refractivity contribution in [2.75, 3.05) is 20.2 Å². The summed E-state index contributed by atoms with van der Waals surface area (Å²) in [6, 6.07) is 0. The minimum Gasteiger partial charge on any atom is -0.480 e. The van der Waals surface area contributed by atoms with Crippen molar-refractivity contribution in [3.8, 4) is 11.8 Å². The zero-order chi connectivity index (χ0) is 14.7. The van der Waals surface area contributed by atoms with Gasteiger partial charge in [0.2, 0.25) is 17.7 Å². The van der Waals surface area contributed by atoms with Gasteiger partial charge in [-0.25, -0.2) is 0 Å². The zero-order valence-electron chi connectivity index (χ0n) is 12.3. The van der Waals surface area contributed by atoms with Gasteiger partial charge in [0.1, 0.15) is 6.10 Å². The molecule has 1 saturated heterocycles. The Hall–Kier alpha value is -1.85. The average Bonchev–Trinajstić information content (AvgIpc) is 2.46. The van der Waals surface area contributed by atoms with Crippen molar-refractivity contribution in [1.29, 1.82) is 0 Å². The third-order valence-corrected chi connectivity index (χ3v) is 4.23. The van der Waals surface area contributed by atoms with Crippen molar-refractivity contribution in [1.82, 2.24) is 14.9 Å². The lowest BCUT2D eigenvalue weighted by Crippen LogP contribution is -2.47. The predicted molar refractivity (Wildman–Crippen MR) is 76.2 cm³/mol. The second-order valence-corrected chi connectivity index (χ2v) is 5.69. The third kappa shape index (κ3) is 3.25. The smallest absolute Gasteiger partial charge is 0.235 e. The first-order chi connectivity index (χ1) is 10.3. The van der Waals surface area contributed by atoms with Gasteiger partial charge in [0.25, 0.3) is 0 Å². The van der Waals surface area contributed by atoms with E-state index in [4.69, 9.17) is 9.47 Å². The molecule has 6 nitrogen and oxygen atoms in total. The van der Waals surface area contributed by atoms with Gasteiger partial charge in [-0.1, -0.05) is 6.42 Å². The molecule has 2 fully saturated rings. The molecule has 1 atom stereocenters. The summed E-state index contributed by atoms with van der Waals surface area (Å²) in [5, 5.41) is 0. The molecule has 6 heteroatoms. The summed E-state index contributed by atoms with van der Waals surface area (Å²) in [5.74, 6) is 1.44. The number of ether oxygens (including phenoxy) is 2. The Labute approximate surface area is 124 Å². The maximum Gasteiger partial charge on any atom is 0.235 e. The zero-order valence-corrected chi connectivity index (χ0v) is 12.3. The largest absolute Gasteiger partial charge is 0.480 e. The van der Waals surface area contributed by atoms with Crippen molar-refractivity contribution in [3.05, 3.63) is 12.4 Å². The Morgan fingerprint density at radius 1 is 1.24 bits per heavy atom. The molecule has 0 radical (unpaired) electrons. The maximum absolute atomic E-state index is 12.3. The van der Waals surface area contributed by atoms with Crippen LogP contribution >= 0.6 is 0 Å². The van der Waals surface area contributed by atoms with Gasteiger partial charge in [-0.05, 0) is 25.7 Å². The van der Waals surface area contributed by atoms with Gasteiger partial charge in [-0.3, -0.25) is 9.78 Å². The summed E-state index contributed by atoms with van der Waals surface area (Å²) >= 11 is 0. The van der Waals surface area contributed by atoms with Crippen LogP contribution in [0.3, 0.4) is 0 Å². The molecule has 114 valence electrons. The highest BCUT2D eigenvalue weighted by Crippen LogP contribution is 2.29. The normalized spacial score (nSPS) is 22.5. The predicted octanol–water partition coefficient (Wildman–Crippen LogP) is 1.66. The van der Waals surface area contributed by atoms with E-state index in [9.17, 15) is 4.79 Å². The Bertz CT molecular complexity index is 505. The van der Waals surface area contributed by atoms with Crippen LogP contribution in [0.1, 0.15) is 32.1 Å². The van der Waals surface area contributed by atoms with E-state index < -0.39 is 0 Å². The summed E-state index contributed by atoms with van der Waals surface area (Å²) in [5.41, 5.74) is 0. The van der Waals surface area contributed by atoms with Gasteiger partial charge in [-0.2, -0.15) is 4.98 Å². The van der Waals surface area contributed by atoms with Crippen LogP contribution in [0.25, 0.3) is 0 Å². The van der Waals surface area contributed by atoms with E-state index in [0.29, 0.717) is 24.2 Å². The molecule has 1 aromatic heterocycles. The van der Waals surface area contributed by atoms with Crippen molar-refractivity contribution >= 4 is 5.91 Å². The quantitative estimate of drug-likeness (QED) is 0.844. The molecule has 0 bridgehead atoms. The molecule has 1 saturated carbocycles. The maximum atomic E-state index is 12.3. The van der Waals surface area contributed by atoms with Crippen molar-refractivity contribution in [2.45, 2.75) is 38.2 Å². The molecule has 0 aromatic carbocycles.